The first kappa shape index (κ1) is 19.9. The summed E-state index contributed by atoms with van der Waals surface area (Å²) < 4.78 is 28.4. The van der Waals surface area contributed by atoms with Crippen LogP contribution in [0.4, 0.5) is 0 Å². The number of piperidine rings is 1. The minimum absolute atomic E-state index is 0.306. The summed E-state index contributed by atoms with van der Waals surface area (Å²) in [5.41, 5.74) is 1.79. The highest BCUT2D eigenvalue weighted by atomic mass is 32.2. The predicted molar refractivity (Wildman–Crippen MR) is 112 cm³/mol. The molecule has 0 N–H and O–H groups in total. The molecule has 1 saturated heterocycles. The maximum absolute atomic E-state index is 12.5. The van der Waals surface area contributed by atoms with E-state index in [4.69, 9.17) is 4.98 Å². The number of nitrogens with zero attached hydrogens (tertiary/aromatic N) is 4. The van der Waals surface area contributed by atoms with Gasteiger partial charge in [0.05, 0.1) is 22.5 Å². The summed E-state index contributed by atoms with van der Waals surface area (Å²) in [7, 11) is -0.326. The zero-order valence-corrected chi connectivity index (χ0v) is 18.1. The molecule has 0 spiro atoms. The molecule has 2 aromatic rings. The predicted octanol–water partition coefficient (Wildman–Crippen LogP) is 3.32. The lowest BCUT2D eigenvalue weighted by molar-refractivity contribution is 0.0797. The van der Waals surface area contributed by atoms with Crippen LogP contribution in [0, 0.1) is 11.8 Å². The minimum atomic E-state index is -3.45. The van der Waals surface area contributed by atoms with Gasteiger partial charge in [0.25, 0.3) is 0 Å². The van der Waals surface area contributed by atoms with Crippen LogP contribution in [-0.4, -0.2) is 54.4 Å². The number of fused-ring (bicyclic) bond motifs is 2. The van der Waals surface area contributed by atoms with Crippen molar-refractivity contribution >= 4 is 21.1 Å². The van der Waals surface area contributed by atoms with Gasteiger partial charge in [-0.05, 0) is 56.3 Å². The van der Waals surface area contributed by atoms with Gasteiger partial charge in [-0.15, -0.1) is 0 Å². The van der Waals surface area contributed by atoms with Crippen LogP contribution in [0.25, 0.3) is 11.0 Å². The van der Waals surface area contributed by atoms with Crippen LogP contribution in [0.15, 0.2) is 23.1 Å². The monoisotopic (exact) mass is 404 g/mol. The van der Waals surface area contributed by atoms with Crippen molar-refractivity contribution in [3.05, 3.63) is 24.0 Å². The number of benzene rings is 1. The van der Waals surface area contributed by atoms with E-state index >= 15 is 0 Å². The zero-order chi connectivity index (χ0) is 19.9. The Morgan fingerprint density at radius 1 is 1.14 bits per heavy atom. The van der Waals surface area contributed by atoms with Crippen LogP contribution >= 0.6 is 0 Å². The highest BCUT2D eigenvalue weighted by molar-refractivity contribution is 7.89. The molecule has 0 bridgehead atoms. The molecule has 1 aliphatic heterocycles. The van der Waals surface area contributed by atoms with Gasteiger partial charge in [-0.2, -0.15) is 0 Å². The maximum atomic E-state index is 12.5. The molecule has 6 nitrogen and oxygen atoms in total. The van der Waals surface area contributed by atoms with Crippen molar-refractivity contribution in [1.82, 2.24) is 18.8 Å². The van der Waals surface area contributed by atoms with E-state index in [1.807, 2.05) is 6.07 Å². The van der Waals surface area contributed by atoms with Gasteiger partial charge in [-0.1, -0.05) is 19.3 Å². The van der Waals surface area contributed by atoms with Gasteiger partial charge in [0, 0.05) is 27.2 Å². The minimum Gasteiger partial charge on any atom is -0.327 e. The number of likely N-dealkylation sites (tertiary alicyclic amines) is 1. The third kappa shape index (κ3) is 3.60. The number of aromatic nitrogens is 2. The summed E-state index contributed by atoms with van der Waals surface area (Å²) in [6, 6.07) is 5.32. The Bertz CT molecular complexity index is 951. The van der Waals surface area contributed by atoms with Crippen LogP contribution < -0.4 is 0 Å². The van der Waals surface area contributed by atoms with Crippen molar-refractivity contribution < 1.29 is 8.42 Å². The third-order valence-corrected chi connectivity index (χ3v) is 8.44. The molecule has 4 rings (SSSR count). The maximum Gasteiger partial charge on any atom is 0.242 e. The van der Waals surface area contributed by atoms with Crippen molar-refractivity contribution in [3.8, 4) is 0 Å². The summed E-state index contributed by atoms with van der Waals surface area (Å²) in [4.78, 5) is 7.71. The van der Waals surface area contributed by atoms with E-state index in [1.54, 1.807) is 26.2 Å². The van der Waals surface area contributed by atoms with E-state index in [9.17, 15) is 8.42 Å². The summed E-state index contributed by atoms with van der Waals surface area (Å²) in [6.45, 7) is 6.14. The molecular weight excluding hydrogens is 372 g/mol. The first-order valence-electron chi connectivity index (χ1n) is 10.5. The molecule has 1 aliphatic carbocycles. The van der Waals surface area contributed by atoms with Crippen LogP contribution in [0.2, 0.25) is 0 Å². The Labute approximate surface area is 168 Å². The summed E-state index contributed by atoms with van der Waals surface area (Å²) >= 11 is 0. The number of hydrogen-bond acceptors (Lipinski definition) is 4. The second-order valence-corrected chi connectivity index (χ2v) is 10.7. The molecule has 1 saturated carbocycles. The van der Waals surface area contributed by atoms with Crippen LogP contribution in [0.3, 0.4) is 0 Å². The summed E-state index contributed by atoms with van der Waals surface area (Å²) in [5, 5.41) is 0. The van der Waals surface area contributed by atoms with Crippen LogP contribution in [-0.2, 0) is 23.1 Å². The highest BCUT2D eigenvalue weighted by Crippen LogP contribution is 2.36. The number of hydrogen-bond donors (Lipinski definition) is 0. The van der Waals surface area contributed by atoms with Crippen LogP contribution in [0.5, 0.6) is 0 Å². The molecule has 0 unspecified atom stereocenters. The molecular formula is C21H32N4O2S. The topological polar surface area (TPSA) is 58.4 Å². The molecule has 2 fully saturated rings. The van der Waals surface area contributed by atoms with Gasteiger partial charge in [0.15, 0.2) is 0 Å². The Balaban J connectivity index is 1.60. The summed E-state index contributed by atoms with van der Waals surface area (Å²) in [6.07, 6.45) is 6.88. The quantitative estimate of drug-likeness (QED) is 0.767. The number of imidazole rings is 1. The summed E-state index contributed by atoms with van der Waals surface area (Å²) in [5.74, 6) is 2.82. The Morgan fingerprint density at radius 2 is 1.89 bits per heavy atom. The van der Waals surface area contributed by atoms with Crippen molar-refractivity contribution in [3.63, 3.8) is 0 Å². The molecule has 2 heterocycles. The van der Waals surface area contributed by atoms with Gasteiger partial charge in [-0.25, -0.2) is 17.7 Å². The van der Waals surface area contributed by atoms with Gasteiger partial charge >= 0.3 is 0 Å². The van der Waals surface area contributed by atoms with E-state index in [-0.39, 0.29) is 0 Å². The molecule has 28 heavy (non-hydrogen) atoms. The second kappa shape index (κ2) is 7.76. The lowest BCUT2D eigenvalue weighted by Crippen LogP contribution is -2.41. The molecule has 1 aromatic heterocycles. The largest absolute Gasteiger partial charge is 0.327 e. The molecule has 2 aliphatic rings. The van der Waals surface area contributed by atoms with E-state index in [2.05, 4.69) is 16.4 Å². The van der Waals surface area contributed by atoms with E-state index in [0.717, 1.165) is 48.3 Å². The normalized spacial score (nSPS) is 24.0. The standard InChI is InChI=1S/C21H32N4O2S/c1-4-25-20-10-9-18(28(26,27)23(2)3)13-19(20)22-21(25)15-24-12-11-16-7-5-6-8-17(16)14-24/h9-10,13,16-17H,4-8,11-12,14-15H2,1-3H3/t16-,17+/m1/s1. The Morgan fingerprint density at radius 3 is 2.61 bits per heavy atom. The van der Waals surface area contributed by atoms with Gasteiger partial charge in [0.1, 0.15) is 5.82 Å². The fraction of sp³-hybridized carbons (Fsp3) is 0.667. The second-order valence-electron chi connectivity index (χ2n) is 8.54. The lowest BCUT2D eigenvalue weighted by atomic mass is 9.75. The van der Waals surface area contributed by atoms with Crippen molar-refractivity contribution in [2.75, 3.05) is 27.2 Å². The molecule has 7 heteroatoms. The van der Waals surface area contributed by atoms with Gasteiger partial charge in [-0.3, -0.25) is 4.90 Å². The van der Waals surface area contributed by atoms with E-state index in [0.29, 0.717) is 4.90 Å². The van der Waals surface area contributed by atoms with Gasteiger partial charge < -0.3 is 4.57 Å². The van der Waals surface area contributed by atoms with Crippen molar-refractivity contribution in [1.29, 1.82) is 0 Å². The Kier molecular flexibility index (Phi) is 5.51. The highest BCUT2D eigenvalue weighted by Gasteiger charge is 2.31. The van der Waals surface area contributed by atoms with E-state index < -0.39 is 10.0 Å². The fourth-order valence-electron chi connectivity index (χ4n) is 5.02. The number of sulfonamides is 1. The number of aryl methyl sites for hydroxylation is 1. The SMILES string of the molecule is CCn1c(CN2CC[C@H]3CCCC[C@H]3C2)nc2cc(S(=O)(=O)N(C)C)ccc21. The molecule has 154 valence electrons. The third-order valence-electron chi connectivity index (χ3n) is 6.63. The molecule has 0 radical (unpaired) electrons. The first-order chi connectivity index (χ1) is 13.4. The first-order valence-corrected chi connectivity index (χ1v) is 12.0. The van der Waals surface area contributed by atoms with Crippen LogP contribution in [0.1, 0.15) is 44.9 Å². The molecule has 0 amide bonds. The average molecular weight is 405 g/mol. The average Bonchev–Trinajstić information content (AvgIpc) is 3.03. The number of rotatable bonds is 5. The fourth-order valence-corrected chi connectivity index (χ4v) is 5.95. The molecule has 1 aromatic carbocycles. The van der Waals surface area contributed by atoms with Crippen molar-refractivity contribution in [2.45, 2.75) is 57.0 Å². The van der Waals surface area contributed by atoms with E-state index in [1.165, 1.54) is 43.0 Å². The van der Waals surface area contributed by atoms with Gasteiger partial charge in [0.2, 0.25) is 10.0 Å². The zero-order valence-electron chi connectivity index (χ0n) is 17.3. The molecule has 2 atom stereocenters. The smallest absolute Gasteiger partial charge is 0.242 e. The lowest BCUT2D eigenvalue weighted by Gasteiger charge is -2.41. The Hall–Kier alpha value is -1.44. The van der Waals surface area contributed by atoms with Crippen molar-refractivity contribution in [2.24, 2.45) is 11.8 Å².